The average Bonchev–Trinajstić information content (AvgIpc) is 2.77. The molecule has 2 aliphatic rings. The first-order valence-electron chi connectivity index (χ1n) is 8.71. The molecule has 2 aromatic rings. The van der Waals surface area contributed by atoms with E-state index >= 15 is 0 Å². The minimum Gasteiger partial charge on any atom is -0.386 e. The number of hydrogen-bond donors (Lipinski definition) is 2. The summed E-state index contributed by atoms with van der Waals surface area (Å²) in [6.45, 7) is 3.99. The van der Waals surface area contributed by atoms with Crippen molar-refractivity contribution >= 4 is 28.0 Å². The zero-order valence-corrected chi connectivity index (χ0v) is 15.4. The summed E-state index contributed by atoms with van der Waals surface area (Å²) in [6.07, 6.45) is 2.04. The standard InChI is InChI=1S/C20H23N3OS/c1-12-3-4-14-5-6-15-7-8-16(10-18(15)22-17(14)9-12)19-11-25(24)13(2)20(21)23-19/h3-4,7-10,13,19,22H,5-6,11H2,1-2H3,(H2,21,23). The number of benzene rings is 2. The number of aryl methyl sites for hydroxylation is 3. The maximum atomic E-state index is 12.3. The van der Waals surface area contributed by atoms with Gasteiger partial charge in [0.25, 0.3) is 0 Å². The van der Waals surface area contributed by atoms with Gasteiger partial charge in [0.15, 0.2) is 0 Å². The summed E-state index contributed by atoms with van der Waals surface area (Å²) in [6, 6.07) is 12.9. The van der Waals surface area contributed by atoms with E-state index in [4.69, 9.17) is 5.73 Å². The maximum absolute atomic E-state index is 12.3. The third-order valence-electron chi connectivity index (χ3n) is 5.15. The molecule has 3 N–H and O–H groups in total. The molecule has 0 amide bonds. The van der Waals surface area contributed by atoms with Gasteiger partial charge in [0, 0.05) is 22.2 Å². The molecule has 130 valence electrons. The van der Waals surface area contributed by atoms with Crippen molar-refractivity contribution in [2.45, 2.75) is 38.0 Å². The Morgan fingerprint density at radius 3 is 2.52 bits per heavy atom. The molecule has 0 aromatic heterocycles. The fourth-order valence-corrected chi connectivity index (χ4v) is 4.70. The van der Waals surface area contributed by atoms with Crippen molar-refractivity contribution in [1.82, 2.24) is 0 Å². The summed E-state index contributed by atoms with van der Waals surface area (Å²) < 4.78 is 12.3. The number of fused-ring (bicyclic) bond motifs is 2. The van der Waals surface area contributed by atoms with Gasteiger partial charge in [0.1, 0.15) is 5.84 Å². The van der Waals surface area contributed by atoms with Gasteiger partial charge in [-0.2, -0.15) is 0 Å². The van der Waals surface area contributed by atoms with Crippen LogP contribution in [0.1, 0.15) is 35.2 Å². The van der Waals surface area contributed by atoms with Crippen molar-refractivity contribution in [3.63, 3.8) is 0 Å². The van der Waals surface area contributed by atoms with Crippen molar-refractivity contribution in [1.29, 1.82) is 0 Å². The van der Waals surface area contributed by atoms with Crippen molar-refractivity contribution in [3.8, 4) is 0 Å². The number of nitrogens with zero attached hydrogens (tertiary/aromatic N) is 1. The van der Waals surface area contributed by atoms with Crippen LogP contribution >= 0.6 is 0 Å². The summed E-state index contributed by atoms with van der Waals surface area (Å²) in [4.78, 5) is 4.59. The Morgan fingerprint density at radius 2 is 1.80 bits per heavy atom. The predicted molar refractivity (Wildman–Crippen MR) is 105 cm³/mol. The molecule has 4 nitrogen and oxygen atoms in total. The van der Waals surface area contributed by atoms with Gasteiger partial charge in [-0.1, -0.05) is 24.3 Å². The number of amidine groups is 1. The number of rotatable bonds is 1. The van der Waals surface area contributed by atoms with Crippen LogP contribution in [0.4, 0.5) is 11.4 Å². The fourth-order valence-electron chi connectivity index (χ4n) is 3.50. The first-order valence-corrected chi connectivity index (χ1v) is 10.1. The van der Waals surface area contributed by atoms with Crippen molar-refractivity contribution in [2.75, 3.05) is 11.1 Å². The van der Waals surface area contributed by atoms with E-state index in [2.05, 4.69) is 53.6 Å². The quantitative estimate of drug-likeness (QED) is 0.826. The first kappa shape index (κ1) is 16.3. The van der Waals surface area contributed by atoms with E-state index in [0.717, 1.165) is 24.1 Å². The van der Waals surface area contributed by atoms with Gasteiger partial charge in [-0.15, -0.1) is 0 Å². The van der Waals surface area contributed by atoms with Gasteiger partial charge in [-0.3, -0.25) is 9.20 Å². The molecule has 3 atom stereocenters. The second-order valence-electron chi connectivity index (χ2n) is 6.96. The highest BCUT2D eigenvalue weighted by Crippen LogP contribution is 2.34. The van der Waals surface area contributed by atoms with Crippen molar-refractivity contribution in [3.05, 3.63) is 58.7 Å². The molecule has 0 saturated carbocycles. The second kappa shape index (κ2) is 6.30. The summed E-state index contributed by atoms with van der Waals surface area (Å²) in [5, 5.41) is 3.45. The largest absolute Gasteiger partial charge is 0.386 e. The SMILES string of the molecule is Cc1ccc2c(c1)Nc1cc(C3CS(=O)C(C)C(N)=N3)ccc1CC2. The third-order valence-corrected chi connectivity index (χ3v) is 6.83. The zero-order chi connectivity index (χ0) is 17.6. The van der Waals surface area contributed by atoms with Crippen molar-refractivity contribution < 1.29 is 4.21 Å². The minimum atomic E-state index is -0.966. The molecule has 4 rings (SSSR count). The maximum Gasteiger partial charge on any atom is 0.110 e. The van der Waals surface area contributed by atoms with E-state index in [1.165, 1.54) is 22.4 Å². The van der Waals surface area contributed by atoms with E-state index in [-0.39, 0.29) is 11.3 Å². The molecule has 3 unspecified atom stereocenters. The van der Waals surface area contributed by atoms with Gasteiger partial charge in [-0.25, -0.2) is 0 Å². The van der Waals surface area contributed by atoms with E-state index in [1.807, 2.05) is 6.92 Å². The topological polar surface area (TPSA) is 67.5 Å². The Bertz CT molecular complexity index is 891. The summed E-state index contributed by atoms with van der Waals surface area (Å²) in [5.41, 5.74) is 13.3. The highest BCUT2D eigenvalue weighted by molar-refractivity contribution is 7.86. The number of hydrogen-bond acceptors (Lipinski definition) is 4. The molecule has 5 heteroatoms. The molecule has 0 saturated heterocycles. The Hall–Kier alpha value is -2.14. The predicted octanol–water partition coefficient (Wildman–Crippen LogP) is 3.39. The van der Waals surface area contributed by atoms with Gasteiger partial charge in [-0.05, 0) is 61.1 Å². The first-order chi connectivity index (χ1) is 12.0. The van der Waals surface area contributed by atoms with E-state index in [1.54, 1.807) is 0 Å². The lowest BCUT2D eigenvalue weighted by Crippen LogP contribution is -2.37. The summed E-state index contributed by atoms with van der Waals surface area (Å²) in [5.74, 6) is 1.04. The van der Waals surface area contributed by atoms with Crippen LogP contribution in [-0.2, 0) is 23.6 Å². The number of nitrogens with one attached hydrogen (secondary N) is 1. The molecule has 0 bridgehead atoms. The monoisotopic (exact) mass is 353 g/mol. The lowest BCUT2D eigenvalue weighted by atomic mass is 10.0. The highest BCUT2D eigenvalue weighted by Gasteiger charge is 2.27. The summed E-state index contributed by atoms with van der Waals surface area (Å²) >= 11 is 0. The van der Waals surface area contributed by atoms with E-state index < -0.39 is 10.8 Å². The van der Waals surface area contributed by atoms with Crippen LogP contribution in [0.25, 0.3) is 0 Å². The fraction of sp³-hybridized carbons (Fsp3) is 0.350. The smallest absolute Gasteiger partial charge is 0.110 e. The molecular formula is C20H23N3OS. The molecule has 25 heavy (non-hydrogen) atoms. The molecular weight excluding hydrogens is 330 g/mol. The lowest BCUT2D eigenvalue weighted by molar-refractivity contribution is 0.667. The van der Waals surface area contributed by atoms with E-state index in [0.29, 0.717) is 11.6 Å². The molecule has 0 aliphatic carbocycles. The molecule has 0 spiro atoms. The van der Waals surface area contributed by atoms with E-state index in [9.17, 15) is 4.21 Å². The average molecular weight is 353 g/mol. The van der Waals surface area contributed by atoms with Crippen LogP contribution < -0.4 is 11.1 Å². The Morgan fingerprint density at radius 1 is 1.12 bits per heavy atom. The van der Waals surface area contributed by atoms with Crippen LogP contribution in [0.2, 0.25) is 0 Å². The molecule has 0 radical (unpaired) electrons. The van der Waals surface area contributed by atoms with Crippen LogP contribution in [0.3, 0.4) is 0 Å². The molecule has 2 heterocycles. The van der Waals surface area contributed by atoms with Gasteiger partial charge in [0.2, 0.25) is 0 Å². The van der Waals surface area contributed by atoms with Gasteiger partial charge < -0.3 is 11.1 Å². The Kier molecular flexibility index (Phi) is 4.12. The Labute approximate surface area is 151 Å². The van der Waals surface area contributed by atoms with Crippen molar-refractivity contribution in [2.24, 2.45) is 10.7 Å². The number of aliphatic imine (C=N–C) groups is 1. The summed E-state index contributed by atoms with van der Waals surface area (Å²) in [7, 11) is -0.966. The second-order valence-corrected chi connectivity index (χ2v) is 8.76. The van der Waals surface area contributed by atoms with Crippen LogP contribution in [0.15, 0.2) is 41.4 Å². The van der Waals surface area contributed by atoms with Crippen LogP contribution in [0.5, 0.6) is 0 Å². The highest BCUT2D eigenvalue weighted by atomic mass is 32.2. The number of nitrogens with two attached hydrogens (primary N) is 1. The van der Waals surface area contributed by atoms with Crippen LogP contribution in [0, 0.1) is 6.92 Å². The normalized spacial score (nSPS) is 25.2. The van der Waals surface area contributed by atoms with Gasteiger partial charge >= 0.3 is 0 Å². The zero-order valence-electron chi connectivity index (χ0n) is 14.6. The molecule has 0 fully saturated rings. The molecule has 2 aliphatic heterocycles. The van der Waals surface area contributed by atoms with Gasteiger partial charge in [0.05, 0.1) is 17.0 Å². The molecule has 2 aromatic carbocycles. The third kappa shape index (κ3) is 3.09. The lowest BCUT2D eigenvalue weighted by Gasteiger charge is -2.24. The van der Waals surface area contributed by atoms with Crippen LogP contribution in [-0.4, -0.2) is 21.0 Å². The number of anilines is 2. The Balaban J connectivity index is 1.70. The minimum absolute atomic E-state index is 0.121.